The van der Waals surface area contributed by atoms with E-state index in [1.165, 1.54) is 16.4 Å². The van der Waals surface area contributed by atoms with Gasteiger partial charge in [-0.25, -0.2) is 0 Å². The molecule has 0 amide bonds. The van der Waals surface area contributed by atoms with Gasteiger partial charge in [-0.2, -0.15) is 0 Å². The van der Waals surface area contributed by atoms with Crippen LogP contribution in [-0.4, -0.2) is 22.5 Å². The molecular formula is C5H13NOS. The maximum Gasteiger partial charge on any atom is 0.0353 e. The molecule has 1 N–H and O–H groups in total. The molecule has 50 valence electrons. The van der Waals surface area contributed by atoms with Crippen LogP contribution in [0.1, 0.15) is 19.8 Å². The van der Waals surface area contributed by atoms with Gasteiger partial charge in [0.1, 0.15) is 0 Å². The summed E-state index contributed by atoms with van der Waals surface area (Å²) in [5.41, 5.74) is 0. The van der Waals surface area contributed by atoms with E-state index in [0.29, 0.717) is 0 Å². The van der Waals surface area contributed by atoms with Gasteiger partial charge in [-0.1, -0.05) is 25.3 Å². The highest BCUT2D eigenvalue weighted by Gasteiger charge is 1.92. The Morgan fingerprint density at radius 2 is 2.25 bits per heavy atom. The van der Waals surface area contributed by atoms with Gasteiger partial charge in [-0.15, -0.1) is 4.47 Å². The van der Waals surface area contributed by atoms with Crippen molar-refractivity contribution in [3.05, 3.63) is 0 Å². The Balaban J connectivity index is 2.86. The second-order valence-corrected chi connectivity index (χ2v) is 2.40. The van der Waals surface area contributed by atoms with Gasteiger partial charge in [0.25, 0.3) is 0 Å². The van der Waals surface area contributed by atoms with Crippen molar-refractivity contribution in [2.45, 2.75) is 19.8 Å². The molecule has 0 bridgehead atoms. The normalized spacial score (nSPS) is 10.5. The Kier molecular flexibility index (Phi) is 5.59. The van der Waals surface area contributed by atoms with Gasteiger partial charge in [-0.05, 0) is 12.7 Å². The highest BCUT2D eigenvalue weighted by Crippen LogP contribution is 2.01. The van der Waals surface area contributed by atoms with Crippen LogP contribution < -0.4 is 0 Å². The van der Waals surface area contributed by atoms with E-state index in [1.54, 1.807) is 0 Å². The molecule has 0 saturated carbocycles. The smallest absolute Gasteiger partial charge is 0.0353 e. The number of hydrogen-bond acceptors (Lipinski definition) is 3. The second kappa shape index (κ2) is 5.41. The second-order valence-electron chi connectivity index (χ2n) is 1.61. The summed E-state index contributed by atoms with van der Waals surface area (Å²) >= 11 is 1.35. The van der Waals surface area contributed by atoms with E-state index in [4.69, 9.17) is 5.21 Å². The molecule has 8 heavy (non-hydrogen) atoms. The van der Waals surface area contributed by atoms with Crippen LogP contribution in [0.25, 0.3) is 0 Å². The minimum Gasteiger partial charge on any atom is -0.303 e. The lowest BCUT2D eigenvalue weighted by Gasteiger charge is -2.07. The number of hydrogen-bond donors (Lipinski definition) is 1. The van der Waals surface area contributed by atoms with E-state index < -0.39 is 0 Å². The van der Waals surface area contributed by atoms with Crippen LogP contribution in [-0.2, 0) is 0 Å². The van der Waals surface area contributed by atoms with E-state index in [1.807, 2.05) is 6.26 Å². The quantitative estimate of drug-likeness (QED) is 0.469. The third-order valence-electron chi connectivity index (χ3n) is 0.914. The first-order valence-corrected chi connectivity index (χ1v) is 4.00. The molecule has 0 aromatic heterocycles. The summed E-state index contributed by atoms with van der Waals surface area (Å²) in [5, 5.41) is 8.79. The van der Waals surface area contributed by atoms with Gasteiger partial charge in [0, 0.05) is 6.54 Å². The zero-order valence-electron chi connectivity index (χ0n) is 5.42. The van der Waals surface area contributed by atoms with Gasteiger partial charge in [0.15, 0.2) is 0 Å². The largest absolute Gasteiger partial charge is 0.303 e. The molecule has 0 atom stereocenters. The summed E-state index contributed by atoms with van der Waals surface area (Å²) in [6.45, 7) is 2.88. The minimum atomic E-state index is 0.775. The van der Waals surface area contributed by atoms with Crippen LogP contribution in [0.4, 0.5) is 0 Å². The van der Waals surface area contributed by atoms with Crippen LogP contribution in [0.5, 0.6) is 0 Å². The Labute approximate surface area is 55.0 Å². The van der Waals surface area contributed by atoms with Gasteiger partial charge < -0.3 is 5.21 Å². The summed E-state index contributed by atoms with van der Waals surface area (Å²) in [4.78, 5) is 0. The first kappa shape index (κ1) is 8.27. The standard InChI is InChI=1S/C5H13NOS/c1-3-4-5-6(7)8-2/h7H,3-5H2,1-2H3. The predicted molar refractivity (Wildman–Crippen MR) is 36.9 cm³/mol. The average molecular weight is 135 g/mol. The monoisotopic (exact) mass is 135 g/mol. The zero-order chi connectivity index (χ0) is 6.41. The fourth-order valence-corrected chi connectivity index (χ4v) is 0.696. The van der Waals surface area contributed by atoms with Crippen LogP contribution in [0.2, 0.25) is 0 Å². The van der Waals surface area contributed by atoms with Crippen LogP contribution in [0.3, 0.4) is 0 Å². The molecule has 0 aromatic rings. The molecule has 0 fully saturated rings. The van der Waals surface area contributed by atoms with Crippen molar-refractivity contribution in [1.29, 1.82) is 0 Å². The van der Waals surface area contributed by atoms with Crippen molar-refractivity contribution in [3.63, 3.8) is 0 Å². The van der Waals surface area contributed by atoms with Crippen molar-refractivity contribution in [2.24, 2.45) is 0 Å². The minimum absolute atomic E-state index is 0.775. The maximum atomic E-state index is 8.79. The van der Waals surface area contributed by atoms with Crippen molar-refractivity contribution >= 4 is 11.9 Å². The lowest BCUT2D eigenvalue weighted by molar-refractivity contribution is 0.0164. The topological polar surface area (TPSA) is 23.5 Å². The summed E-state index contributed by atoms with van der Waals surface area (Å²) < 4.78 is 1.25. The Morgan fingerprint density at radius 3 is 2.62 bits per heavy atom. The molecule has 3 heteroatoms. The molecule has 2 nitrogen and oxygen atoms in total. The van der Waals surface area contributed by atoms with Gasteiger partial charge >= 0.3 is 0 Å². The molecule has 0 radical (unpaired) electrons. The molecule has 0 aromatic carbocycles. The summed E-state index contributed by atoms with van der Waals surface area (Å²) in [5.74, 6) is 0. The van der Waals surface area contributed by atoms with E-state index >= 15 is 0 Å². The predicted octanol–water partition coefficient (Wildman–Crippen LogP) is 1.76. The molecule has 0 aliphatic rings. The Hall–Kier alpha value is 0.270. The first-order chi connectivity index (χ1) is 3.81. The zero-order valence-corrected chi connectivity index (χ0v) is 6.24. The average Bonchev–Trinajstić information content (AvgIpc) is 1.83. The summed E-state index contributed by atoms with van der Waals surface area (Å²) in [6.07, 6.45) is 4.06. The molecule has 0 spiro atoms. The summed E-state index contributed by atoms with van der Waals surface area (Å²) in [6, 6.07) is 0. The number of rotatable bonds is 4. The van der Waals surface area contributed by atoms with Crippen molar-refractivity contribution in [3.8, 4) is 0 Å². The maximum absolute atomic E-state index is 8.79. The lowest BCUT2D eigenvalue weighted by Crippen LogP contribution is -2.09. The third-order valence-corrected chi connectivity index (χ3v) is 1.52. The lowest BCUT2D eigenvalue weighted by atomic mass is 10.3. The number of nitrogens with zero attached hydrogens (tertiary/aromatic N) is 1. The van der Waals surface area contributed by atoms with Crippen molar-refractivity contribution < 1.29 is 5.21 Å². The SMILES string of the molecule is CCCCN(O)SC. The van der Waals surface area contributed by atoms with Crippen LogP contribution >= 0.6 is 11.9 Å². The number of unbranched alkanes of at least 4 members (excludes halogenated alkanes) is 1. The molecule has 0 saturated heterocycles. The third kappa shape index (κ3) is 4.43. The van der Waals surface area contributed by atoms with Gasteiger partial charge in [0.2, 0.25) is 0 Å². The fourth-order valence-electron chi connectivity index (χ4n) is 0.385. The van der Waals surface area contributed by atoms with E-state index in [2.05, 4.69) is 6.92 Å². The first-order valence-electron chi connectivity index (χ1n) is 2.81. The van der Waals surface area contributed by atoms with E-state index in [0.717, 1.165) is 19.4 Å². The van der Waals surface area contributed by atoms with Crippen LogP contribution in [0.15, 0.2) is 0 Å². The summed E-state index contributed by atoms with van der Waals surface area (Å²) in [7, 11) is 0. The molecule has 0 unspecified atom stereocenters. The highest BCUT2D eigenvalue weighted by atomic mass is 32.2. The van der Waals surface area contributed by atoms with Crippen LogP contribution in [0, 0.1) is 0 Å². The molecular weight excluding hydrogens is 122 g/mol. The van der Waals surface area contributed by atoms with Gasteiger partial charge in [-0.3, -0.25) is 0 Å². The van der Waals surface area contributed by atoms with Gasteiger partial charge in [0.05, 0.1) is 0 Å². The molecule has 0 aliphatic carbocycles. The Morgan fingerprint density at radius 1 is 1.62 bits per heavy atom. The molecule has 0 aliphatic heterocycles. The number of hydroxylamine groups is 1. The fraction of sp³-hybridized carbons (Fsp3) is 1.00. The molecule has 0 rings (SSSR count). The van der Waals surface area contributed by atoms with Crippen molar-refractivity contribution in [2.75, 3.05) is 12.8 Å². The van der Waals surface area contributed by atoms with Crippen molar-refractivity contribution in [1.82, 2.24) is 4.47 Å². The molecule has 0 heterocycles. The van der Waals surface area contributed by atoms with E-state index in [-0.39, 0.29) is 0 Å². The highest BCUT2D eigenvalue weighted by molar-refractivity contribution is 7.96. The van der Waals surface area contributed by atoms with E-state index in [9.17, 15) is 0 Å². The Bertz CT molecular complexity index is 51.7.